The molecule has 0 bridgehead atoms. The second-order valence-corrected chi connectivity index (χ2v) is 8.36. The third-order valence-corrected chi connectivity index (χ3v) is 5.60. The first kappa shape index (κ1) is 20.7. The van der Waals surface area contributed by atoms with E-state index in [1.54, 1.807) is 49.4 Å². The molecule has 0 radical (unpaired) electrons. The second kappa shape index (κ2) is 8.31. The van der Waals surface area contributed by atoms with Gasteiger partial charge in [0.2, 0.25) is 0 Å². The number of esters is 1. The molecule has 0 N–H and O–H groups in total. The van der Waals surface area contributed by atoms with Crippen molar-refractivity contribution in [1.29, 1.82) is 0 Å². The van der Waals surface area contributed by atoms with Crippen LogP contribution in [0.5, 0.6) is 5.75 Å². The Hall–Kier alpha value is -3.53. The third-order valence-electron chi connectivity index (χ3n) is 5.60. The van der Waals surface area contributed by atoms with E-state index >= 15 is 0 Å². The number of fused-ring (bicyclic) bond motifs is 2. The molecule has 1 aliphatic carbocycles. The van der Waals surface area contributed by atoms with E-state index in [2.05, 4.69) is 13.8 Å². The maximum Gasteiger partial charge on any atom is 0.318 e. The van der Waals surface area contributed by atoms with Gasteiger partial charge in [0.1, 0.15) is 5.75 Å². The van der Waals surface area contributed by atoms with Crippen LogP contribution in [0.25, 0.3) is 0 Å². The van der Waals surface area contributed by atoms with Gasteiger partial charge in [-0.05, 0) is 36.5 Å². The van der Waals surface area contributed by atoms with Crippen molar-refractivity contribution in [2.24, 2.45) is 5.92 Å². The average Bonchev–Trinajstić information content (AvgIpc) is 2.77. The summed E-state index contributed by atoms with van der Waals surface area (Å²) in [6.45, 7) is 6.11. The summed E-state index contributed by atoms with van der Waals surface area (Å²) in [5, 5.41) is 0. The number of ketones is 2. The lowest BCUT2D eigenvalue weighted by atomic mass is 9.83. The molecule has 0 saturated heterocycles. The molecule has 0 aliphatic heterocycles. The van der Waals surface area contributed by atoms with Crippen LogP contribution in [0.1, 0.15) is 69.7 Å². The molecule has 4 rings (SSSR count). The lowest BCUT2D eigenvalue weighted by Crippen LogP contribution is -2.24. The molecule has 1 atom stereocenters. The fourth-order valence-electron chi connectivity index (χ4n) is 3.95. The van der Waals surface area contributed by atoms with Gasteiger partial charge in [-0.1, -0.05) is 74.5 Å². The normalized spacial score (nSPS) is 13.5. The number of hydrogen-bond acceptors (Lipinski definition) is 4. The monoisotopic (exact) mass is 412 g/mol. The topological polar surface area (TPSA) is 60.4 Å². The van der Waals surface area contributed by atoms with Gasteiger partial charge in [-0.2, -0.15) is 0 Å². The van der Waals surface area contributed by atoms with Crippen molar-refractivity contribution in [2.45, 2.75) is 33.1 Å². The van der Waals surface area contributed by atoms with Crippen molar-refractivity contribution in [3.05, 3.63) is 100 Å². The minimum atomic E-state index is -0.509. The zero-order chi connectivity index (χ0) is 22.1. The summed E-state index contributed by atoms with van der Waals surface area (Å²) in [4.78, 5) is 38.8. The highest BCUT2D eigenvalue weighted by atomic mass is 16.5. The lowest BCUT2D eigenvalue weighted by molar-refractivity contribution is -0.135. The van der Waals surface area contributed by atoms with Crippen LogP contribution in [0, 0.1) is 5.92 Å². The number of hydrogen-bond donors (Lipinski definition) is 0. The van der Waals surface area contributed by atoms with Gasteiger partial charge in [-0.3, -0.25) is 14.4 Å². The first-order valence-corrected chi connectivity index (χ1v) is 10.5. The molecule has 0 fully saturated rings. The molecule has 31 heavy (non-hydrogen) atoms. The van der Waals surface area contributed by atoms with Crippen LogP contribution in [-0.2, 0) is 11.2 Å². The molecule has 0 heterocycles. The summed E-state index contributed by atoms with van der Waals surface area (Å²) < 4.78 is 5.65. The van der Waals surface area contributed by atoms with E-state index in [4.69, 9.17) is 4.74 Å². The molecule has 0 aromatic heterocycles. The Labute approximate surface area is 181 Å². The van der Waals surface area contributed by atoms with Crippen LogP contribution >= 0.6 is 0 Å². The van der Waals surface area contributed by atoms with Gasteiger partial charge in [-0.25, -0.2) is 0 Å². The van der Waals surface area contributed by atoms with Crippen molar-refractivity contribution in [3.63, 3.8) is 0 Å². The molecule has 156 valence electrons. The fraction of sp³-hybridized carbons (Fsp3) is 0.222. The Morgan fingerprint density at radius 1 is 0.774 bits per heavy atom. The highest BCUT2D eigenvalue weighted by Crippen LogP contribution is 2.34. The molecular weight excluding hydrogens is 388 g/mol. The van der Waals surface area contributed by atoms with E-state index in [0.29, 0.717) is 17.0 Å². The largest absolute Gasteiger partial charge is 0.425 e. The minimum absolute atomic E-state index is 0.124. The van der Waals surface area contributed by atoms with Crippen LogP contribution in [-0.4, -0.2) is 17.5 Å². The molecule has 0 unspecified atom stereocenters. The van der Waals surface area contributed by atoms with Gasteiger partial charge in [0.25, 0.3) is 0 Å². The third kappa shape index (κ3) is 3.93. The number of ether oxygens (including phenoxy) is 1. The Bertz CT molecular complexity index is 1170. The van der Waals surface area contributed by atoms with Crippen LogP contribution in [0.4, 0.5) is 0 Å². The molecular formula is C27H24O4. The van der Waals surface area contributed by atoms with Crippen molar-refractivity contribution < 1.29 is 19.1 Å². The summed E-state index contributed by atoms with van der Waals surface area (Å²) in [6.07, 6.45) is 0.979. The Morgan fingerprint density at radius 3 is 2.03 bits per heavy atom. The van der Waals surface area contributed by atoms with Gasteiger partial charge < -0.3 is 4.74 Å². The predicted molar refractivity (Wildman–Crippen MR) is 119 cm³/mol. The van der Waals surface area contributed by atoms with Crippen LogP contribution in [0.15, 0.2) is 66.7 Å². The summed E-state index contributed by atoms with van der Waals surface area (Å²) in [7, 11) is 0. The highest BCUT2D eigenvalue weighted by molar-refractivity contribution is 6.29. The number of carbonyl (C=O) groups is 3. The van der Waals surface area contributed by atoms with Gasteiger partial charge in [0.05, 0.1) is 11.5 Å². The predicted octanol–water partition coefficient (Wildman–Crippen LogP) is 5.37. The van der Waals surface area contributed by atoms with Gasteiger partial charge in [-0.15, -0.1) is 0 Å². The minimum Gasteiger partial charge on any atom is -0.425 e. The van der Waals surface area contributed by atoms with Gasteiger partial charge in [0, 0.05) is 16.7 Å². The molecule has 1 aliphatic rings. The Balaban J connectivity index is 1.60. The first-order chi connectivity index (χ1) is 14.9. The van der Waals surface area contributed by atoms with Gasteiger partial charge in [0.15, 0.2) is 11.6 Å². The Morgan fingerprint density at radius 2 is 1.39 bits per heavy atom. The lowest BCUT2D eigenvalue weighted by Gasteiger charge is -2.20. The van der Waals surface area contributed by atoms with E-state index < -0.39 is 11.9 Å². The van der Waals surface area contributed by atoms with E-state index in [9.17, 15) is 14.4 Å². The molecule has 0 saturated carbocycles. The fourth-order valence-corrected chi connectivity index (χ4v) is 3.95. The van der Waals surface area contributed by atoms with Crippen LogP contribution in [0.2, 0.25) is 0 Å². The molecule has 4 nitrogen and oxygen atoms in total. The smallest absolute Gasteiger partial charge is 0.318 e. The zero-order valence-corrected chi connectivity index (χ0v) is 17.8. The molecule has 3 aromatic rings. The van der Waals surface area contributed by atoms with E-state index in [1.807, 2.05) is 24.3 Å². The van der Waals surface area contributed by atoms with Crippen molar-refractivity contribution in [2.75, 3.05) is 0 Å². The zero-order valence-electron chi connectivity index (χ0n) is 17.8. The first-order valence-electron chi connectivity index (χ1n) is 10.5. The van der Waals surface area contributed by atoms with Crippen LogP contribution < -0.4 is 4.74 Å². The summed E-state index contributed by atoms with van der Waals surface area (Å²) in [5.74, 6) is -0.840. The summed E-state index contributed by atoms with van der Waals surface area (Å²) in [5.41, 5.74) is 3.18. The van der Waals surface area contributed by atoms with E-state index in [1.165, 1.54) is 5.56 Å². The average molecular weight is 412 g/mol. The van der Waals surface area contributed by atoms with Crippen LogP contribution in [0.3, 0.4) is 0 Å². The second-order valence-electron chi connectivity index (χ2n) is 8.36. The number of rotatable bonds is 5. The quantitative estimate of drug-likeness (QED) is 0.327. The SMILES string of the molecule is CC(C)Cc1ccc([C@H](C)C(=O)Oc2cccc3c2C(=O)c2ccccc2C3=O)cc1. The maximum atomic E-state index is 13.1. The maximum absolute atomic E-state index is 13.1. The standard InChI is InChI=1S/C27H24O4/c1-16(2)15-18-11-13-19(14-12-18)17(3)27(30)31-23-10-6-9-22-24(23)26(29)21-8-5-4-7-20(21)25(22)28/h4-14,16-17H,15H2,1-3H3/t17-/m0/s1. The number of benzene rings is 3. The summed E-state index contributed by atoms with van der Waals surface area (Å²) >= 11 is 0. The molecule has 0 amide bonds. The van der Waals surface area contributed by atoms with Crippen molar-refractivity contribution >= 4 is 17.5 Å². The highest BCUT2D eigenvalue weighted by Gasteiger charge is 2.33. The van der Waals surface area contributed by atoms with Crippen molar-refractivity contribution in [3.8, 4) is 5.75 Å². The van der Waals surface area contributed by atoms with Gasteiger partial charge >= 0.3 is 5.97 Å². The molecule has 0 spiro atoms. The van der Waals surface area contributed by atoms with Crippen molar-refractivity contribution in [1.82, 2.24) is 0 Å². The van der Waals surface area contributed by atoms with E-state index in [-0.39, 0.29) is 28.4 Å². The summed E-state index contributed by atoms with van der Waals surface area (Å²) in [6, 6.07) is 19.4. The van der Waals surface area contributed by atoms with E-state index in [0.717, 1.165) is 12.0 Å². The molecule has 3 aromatic carbocycles. The number of carbonyl (C=O) groups excluding carboxylic acids is 3. The molecule has 4 heteroatoms. The Kier molecular flexibility index (Phi) is 5.55.